The summed E-state index contributed by atoms with van der Waals surface area (Å²) in [5.74, 6) is 0. The van der Waals surface area contributed by atoms with Gasteiger partial charge in [-0.05, 0) is 43.1 Å². The minimum atomic E-state index is 0.591. The Kier molecular flexibility index (Phi) is 12.2. The summed E-state index contributed by atoms with van der Waals surface area (Å²) in [5, 5.41) is 4.48. The molecule has 1 aliphatic rings. The smallest absolute Gasteiger partial charge is 0.169 e. The fourth-order valence-electron chi connectivity index (χ4n) is 4.18. The van der Waals surface area contributed by atoms with Crippen LogP contribution in [0.1, 0.15) is 102 Å². The van der Waals surface area contributed by atoms with Gasteiger partial charge < -0.3 is 10.2 Å². The molecule has 2 rings (SSSR count). The maximum Gasteiger partial charge on any atom is 0.169 e. The molecular weight excluding hydrogens is 362 g/mol. The van der Waals surface area contributed by atoms with Crippen molar-refractivity contribution in [3.63, 3.8) is 0 Å². The lowest BCUT2D eigenvalue weighted by atomic mass is 10.1. The van der Waals surface area contributed by atoms with Crippen LogP contribution in [0.4, 0.5) is 0 Å². The molecule has 0 spiro atoms. The lowest BCUT2D eigenvalue weighted by Crippen LogP contribution is -2.44. The number of pyridine rings is 1. The second-order valence-corrected chi connectivity index (χ2v) is 8.73. The van der Waals surface area contributed by atoms with Gasteiger partial charge in [0.1, 0.15) is 0 Å². The Morgan fingerprint density at radius 1 is 1.04 bits per heavy atom. The molecule has 0 aliphatic heterocycles. The molecule has 0 atom stereocenters. The molecule has 0 saturated heterocycles. The first-order valence-corrected chi connectivity index (χ1v) is 12.2. The fourth-order valence-corrected chi connectivity index (χ4v) is 4.50. The van der Waals surface area contributed by atoms with Crippen molar-refractivity contribution >= 4 is 17.3 Å². The Bertz CT molecular complexity index is 514. The molecule has 1 aromatic rings. The van der Waals surface area contributed by atoms with Crippen LogP contribution in [0, 0.1) is 0 Å². The van der Waals surface area contributed by atoms with Gasteiger partial charge in [-0.1, -0.05) is 83.6 Å². The summed E-state index contributed by atoms with van der Waals surface area (Å²) in [6.07, 6.45) is 22.7. The summed E-state index contributed by atoms with van der Waals surface area (Å²) >= 11 is 5.78. The highest BCUT2D eigenvalue weighted by Crippen LogP contribution is 2.25. The summed E-state index contributed by atoms with van der Waals surface area (Å²) < 4.78 is 0. The van der Waals surface area contributed by atoms with E-state index in [9.17, 15) is 0 Å². The van der Waals surface area contributed by atoms with E-state index in [1.165, 1.54) is 95.5 Å². The monoisotopic (exact) mass is 403 g/mol. The number of thiocarbonyl (C=S) groups is 1. The van der Waals surface area contributed by atoms with E-state index in [1.807, 2.05) is 18.5 Å². The largest absolute Gasteiger partial charge is 0.363 e. The van der Waals surface area contributed by atoms with E-state index in [0.29, 0.717) is 6.04 Å². The van der Waals surface area contributed by atoms with Gasteiger partial charge >= 0.3 is 0 Å². The molecule has 0 unspecified atom stereocenters. The predicted molar refractivity (Wildman–Crippen MR) is 124 cm³/mol. The van der Waals surface area contributed by atoms with Crippen LogP contribution in [-0.4, -0.2) is 27.6 Å². The van der Waals surface area contributed by atoms with Gasteiger partial charge in [0, 0.05) is 31.5 Å². The quantitative estimate of drug-likeness (QED) is 0.279. The Morgan fingerprint density at radius 3 is 2.29 bits per heavy atom. The van der Waals surface area contributed by atoms with Crippen LogP contribution in [0.5, 0.6) is 0 Å². The van der Waals surface area contributed by atoms with E-state index < -0.39 is 0 Å². The second kappa shape index (κ2) is 14.8. The van der Waals surface area contributed by atoms with Crippen molar-refractivity contribution in [1.82, 2.24) is 15.2 Å². The second-order valence-electron chi connectivity index (χ2n) is 8.34. The Hall–Kier alpha value is -1.16. The van der Waals surface area contributed by atoms with Gasteiger partial charge in [-0.25, -0.2) is 0 Å². The first kappa shape index (κ1) is 23.1. The summed E-state index contributed by atoms with van der Waals surface area (Å²) in [4.78, 5) is 6.68. The minimum Gasteiger partial charge on any atom is -0.363 e. The van der Waals surface area contributed by atoms with Gasteiger partial charge in [0.15, 0.2) is 5.11 Å². The van der Waals surface area contributed by atoms with Crippen LogP contribution in [0.15, 0.2) is 24.5 Å². The number of aromatic nitrogens is 1. The van der Waals surface area contributed by atoms with Crippen molar-refractivity contribution in [2.24, 2.45) is 0 Å². The first-order chi connectivity index (χ1) is 13.8. The third-order valence-corrected chi connectivity index (χ3v) is 6.29. The predicted octanol–water partition coefficient (Wildman–Crippen LogP) is 6.62. The molecular formula is C24H41N3S. The molecule has 0 amide bonds. The highest BCUT2D eigenvalue weighted by Gasteiger charge is 2.24. The standard InChI is InChI=1S/C24H41N3S/c1-2-3-4-5-6-7-8-9-10-13-19-26-24(28)27(23-16-11-12-17-23)21-22-15-14-18-25-20-22/h14-15,18,20,23H,2-13,16-17,19,21H2,1H3,(H,26,28). The van der Waals surface area contributed by atoms with E-state index >= 15 is 0 Å². The van der Waals surface area contributed by atoms with Crippen molar-refractivity contribution in [3.05, 3.63) is 30.1 Å². The number of unbranched alkanes of at least 4 members (excludes halogenated alkanes) is 9. The van der Waals surface area contributed by atoms with E-state index in [1.54, 1.807) is 0 Å². The molecule has 1 N–H and O–H groups in total. The number of nitrogens with one attached hydrogen (secondary N) is 1. The van der Waals surface area contributed by atoms with Crippen LogP contribution >= 0.6 is 12.2 Å². The maximum absolute atomic E-state index is 5.78. The summed E-state index contributed by atoms with van der Waals surface area (Å²) in [7, 11) is 0. The zero-order chi connectivity index (χ0) is 19.9. The molecule has 1 aliphatic carbocycles. The van der Waals surface area contributed by atoms with Gasteiger partial charge in [0.2, 0.25) is 0 Å². The molecule has 1 aromatic heterocycles. The zero-order valence-electron chi connectivity index (χ0n) is 18.0. The molecule has 158 valence electrons. The van der Waals surface area contributed by atoms with E-state index in [2.05, 4.69) is 28.2 Å². The minimum absolute atomic E-state index is 0.591. The average molecular weight is 404 g/mol. The molecule has 0 aromatic carbocycles. The van der Waals surface area contributed by atoms with Gasteiger partial charge in [-0.2, -0.15) is 0 Å². The third-order valence-electron chi connectivity index (χ3n) is 5.91. The summed E-state index contributed by atoms with van der Waals surface area (Å²) in [6, 6.07) is 4.76. The lowest BCUT2D eigenvalue weighted by Gasteiger charge is -2.31. The maximum atomic E-state index is 5.78. The van der Waals surface area contributed by atoms with Crippen LogP contribution in [-0.2, 0) is 6.54 Å². The summed E-state index contributed by atoms with van der Waals surface area (Å²) in [5.41, 5.74) is 1.25. The number of hydrogen-bond acceptors (Lipinski definition) is 2. The van der Waals surface area contributed by atoms with Crippen molar-refractivity contribution < 1.29 is 0 Å². The van der Waals surface area contributed by atoms with Crippen molar-refractivity contribution in [2.75, 3.05) is 6.54 Å². The average Bonchev–Trinajstić information content (AvgIpc) is 3.25. The number of rotatable bonds is 14. The SMILES string of the molecule is CCCCCCCCCCCCNC(=S)N(Cc1cccnc1)C1CCCC1. The zero-order valence-corrected chi connectivity index (χ0v) is 18.8. The van der Waals surface area contributed by atoms with Crippen molar-refractivity contribution in [2.45, 2.75) is 109 Å². The molecule has 1 fully saturated rings. The van der Waals surface area contributed by atoms with Crippen LogP contribution in [0.25, 0.3) is 0 Å². The molecule has 4 heteroatoms. The van der Waals surface area contributed by atoms with Crippen LogP contribution in [0.2, 0.25) is 0 Å². The normalized spacial score (nSPS) is 14.3. The lowest BCUT2D eigenvalue weighted by molar-refractivity contribution is 0.303. The van der Waals surface area contributed by atoms with E-state index in [0.717, 1.165) is 18.2 Å². The number of nitrogens with zero attached hydrogens (tertiary/aromatic N) is 2. The fraction of sp³-hybridized carbons (Fsp3) is 0.750. The van der Waals surface area contributed by atoms with Crippen LogP contribution < -0.4 is 5.32 Å². The molecule has 0 radical (unpaired) electrons. The van der Waals surface area contributed by atoms with Gasteiger partial charge in [0.25, 0.3) is 0 Å². The molecule has 3 nitrogen and oxygen atoms in total. The van der Waals surface area contributed by atoms with Gasteiger partial charge in [-0.3, -0.25) is 4.98 Å². The Labute approximate surface area is 178 Å². The van der Waals surface area contributed by atoms with E-state index in [4.69, 9.17) is 12.2 Å². The van der Waals surface area contributed by atoms with Crippen LogP contribution in [0.3, 0.4) is 0 Å². The van der Waals surface area contributed by atoms with Crippen molar-refractivity contribution in [3.8, 4) is 0 Å². The highest BCUT2D eigenvalue weighted by atomic mass is 32.1. The molecule has 28 heavy (non-hydrogen) atoms. The summed E-state index contributed by atoms with van der Waals surface area (Å²) in [6.45, 7) is 4.17. The highest BCUT2D eigenvalue weighted by molar-refractivity contribution is 7.80. The first-order valence-electron chi connectivity index (χ1n) is 11.7. The molecule has 1 heterocycles. The Balaban J connectivity index is 1.59. The molecule has 1 saturated carbocycles. The van der Waals surface area contributed by atoms with Gasteiger partial charge in [-0.15, -0.1) is 0 Å². The number of hydrogen-bond donors (Lipinski definition) is 1. The van der Waals surface area contributed by atoms with Gasteiger partial charge in [0.05, 0.1) is 0 Å². The Morgan fingerprint density at radius 2 is 1.68 bits per heavy atom. The molecule has 0 bridgehead atoms. The topological polar surface area (TPSA) is 28.2 Å². The van der Waals surface area contributed by atoms with Crippen molar-refractivity contribution in [1.29, 1.82) is 0 Å². The van der Waals surface area contributed by atoms with E-state index in [-0.39, 0.29) is 0 Å². The third kappa shape index (κ3) is 9.36.